The van der Waals surface area contributed by atoms with Crippen molar-refractivity contribution in [3.05, 3.63) is 71.8 Å². The van der Waals surface area contributed by atoms with Gasteiger partial charge in [0.1, 0.15) is 19.2 Å². The van der Waals surface area contributed by atoms with Gasteiger partial charge >= 0.3 is 6.09 Å². The Balaban J connectivity index is 2.00. The SMILES string of the molecule is N#CCNC(=O)C(CC(F)(F)Cc1ccccc1)NC(=O)OCc1ccccc1. The van der Waals surface area contributed by atoms with Gasteiger partial charge in [-0.15, -0.1) is 0 Å². The predicted molar refractivity (Wildman–Crippen MR) is 102 cm³/mol. The van der Waals surface area contributed by atoms with Crippen LogP contribution in [0.25, 0.3) is 0 Å². The number of hydrogen-bond acceptors (Lipinski definition) is 4. The van der Waals surface area contributed by atoms with E-state index in [1.165, 1.54) is 0 Å². The third-order valence-electron chi connectivity index (χ3n) is 3.97. The Kier molecular flexibility index (Phi) is 8.10. The summed E-state index contributed by atoms with van der Waals surface area (Å²) < 4.78 is 34.0. The molecule has 0 spiro atoms. The number of hydrogen-bond donors (Lipinski definition) is 2. The van der Waals surface area contributed by atoms with Gasteiger partial charge in [0.05, 0.1) is 6.07 Å². The van der Waals surface area contributed by atoms with Crippen molar-refractivity contribution in [1.82, 2.24) is 10.6 Å². The molecule has 152 valence electrons. The van der Waals surface area contributed by atoms with E-state index in [9.17, 15) is 18.4 Å². The third kappa shape index (κ3) is 7.97. The number of halogens is 2. The summed E-state index contributed by atoms with van der Waals surface area (Å²) in [5, 5.41) is 13.0. The number of nitrogens with one attached hydrogen (secondary N) is 2. The van der Waals surface area contributed by atoms with E-state index in [0.29, 0.717) is 11.1 Å². The molecule has 2 amide bonds. The van der Waals surface area contributed by atoms with Crippen molar-refractivity contribution in [2.24, 2.45) is 0 Å². The summed E-state index contributed by atoms with van der Waals surface area (Å²) in [6, 6.07) is 17.0. The fourth-order valence-electron chi connectivity index (χ4n) is 2.63. The van der Waals surface area contributed by atoms with Crippen LogP contribution in [0.4, 0.5) is 13.6 Å². The second-order valence-electron chi connectivity index (χ2n) is 6.36. The topological polar surface area (TPSA) is 91.2 Å². The number of amides is 2. The molecule has 0 fully saturated rings. The monoisotopic (exact) mass is 401 g/mol. The average molecular weight is 401 g/mol. The van der Waals surface area contributed by atoms with Crippen LogP contribution in [0.5, 0.6) is 0 Å². The molecule has 0 saturated heterocycles. The Morgan fingerprint density at radius 2 is 1.62 bits per heavy atom. The highest BCUT2D eigenvalue weighted by molar-refractivity contribution is 5.85. The van der Waals surface area contributed by atoms with Crippen molar-refractivity contribution < 1.29 is 23.1 Å². The lowest BCUT2D eigenvalue weighted by Crippen LogP contribution is -2.50. The van der Waals surface area contributed by atoms with Gasteiger partial charge in [0.15, 0.2) is 0 Å². The van der Waals surface area contributed by atoms with Crippen LogP contribution in [0.2, 0.25) is 0 Å². The van der Waals surface area contributed by atoms with E-state index >= 15 is 0 Å². The maximum atomic E-state index is 14.5. The van der Waals surface area contributed by atoms with Gasteiger partial charge in [0.2, 0.25) is 5.91 Å². The summed E-state index contributed by atoms with van der Waals surface area (Å²) in [4.78, 5) is 24.2. The molecule has 0 heterocycles. The molecule has 2 rings (SSSR count). The van der Waals surface area contributed by atoms with Gasteiger partial charge in [0.25, 0.3) is 5.92 Å². The van der Waals surface area contributed by atoms with Crippen LogP contribution in [0.15, 0.2) is 60.7 Å². The average Bonchev–Trinajstić information content (AvgIpc) is 2.71. The predicted octanol–water partition coefficient (Wildman–Crippen LogP) is 3.19. The molecule has 2 aromatic rings. The zero-order chi connectivity index (χ0) is 21.1. The highest BCUT2D eigenvalue weighted by atomic mass is 19.3. The Morgan fingerprint density at radius 1 is 1.03 bits per heavy atom. The van der Waals surface area contributed by atoms with Gasteiger partial charge in [-0.25, -0.2) is 13.6 Å². The number of rotatable bonds is 9. The molecule has 0 aliphatic carbocycles. The zero-order valence-corrected chi connectivity index (χ0v) is 15.6. The molecule has 1 unspecified atom stereocenters. The fourth-order valence-corrected chi connectivity index (χ4v) is 2.63. The van der Waals surface area contributed by atoms with Crippen molar-refractivity contribution >= 4 is 12.0 Å². The summed E-state index contributed by atoms with van der Waals surface area (Å²) in [5.41, 5.74) is 1.11. The maximum Gasteiger partial charge on any atom is 0.408 e. The molecule has 0 saturated carbocycles. The molecule has 0 aliphatic rings. The first kappa shape index (κ1) is 21.8. The fraction of sp³-hybridized carbons (Fsp3) is 0.286. The minimum absolute atomic E-state index is 0.0698. The van der Waals surface area contributed by atoms with E-state index in [-0.39, 0.29) is 13.2 Å². The normalized spacial score (nSPS) is 11.8. The lowest BCUT2D eigenvalue weighted by Gasteiger charge is -2.23. The van der Waals surface area contributed by atoms with Gasteiger partial charge < -0.3 is 15.4 Å². The van der Waals surface area contributed by atoms with E-state index in [4.69, 9.17) is 10.00 Å². The first-order chi connectivity index (χ1) is 13.9. The van der Waals surface area contributed by atoms with Gasteiger partial charge in [0, 0.05) is 12.8 Å². The molecule has 2 N–H and O–H groups in total. The molecular formula is C21H21F2N3O3. The Hall–Kier alpha value is -3.47. The molecule has 1 atom stereocenters. The van der Waals surface area contributed by atoms with Crippen LogP contribution in [0.1, 0.15) is 17.5 Å². The number of nitriles is 1. The first-order valence-corrected chi connectivity index (χ1v) is 8.93. The molecular weight excluding hydrogens is 380 g/mol. The lowest BCUT2D eigenvalue weighted by atomic mass is 10.0. The summed E-state index contributed by atoms with van der Waals surface area (Å²) in [7, 11) is 0. The minimum Gasteiger partial charge on any atom is -0.445 e. The second kappa shape index (κ2) is 10.8. The lowest BCUT2D eigenvalue weighted by molar-refractivity contribution is -0.125. The molecule has 0 aliphatic heterocycles. The highest BCUT2D eigenvalue weighted by Gasteiger charge is 2.37. The number of ether oxygens (including phenoxy) is 1. The van der Waals surface area contributed by atoms with E-state index in [1.54, 1.807) is 66.7 Å². The molecule has 29 heavy (non-hydrogen) atoms. The van der Waals surface area contributed by atoms with E-state index in [2.05, 4.69) is 10.6 Å². The van der Waals surface area contributed by atoms with Crippen molar-refractivity contribution in [3.8, 4) is 6.07 Å². The number of alkyl carbamates (subject to hydrolysis) is 1. The van der Waals surface area contributed by atoms with E-state index < -0.39 is 36.8 Å². The third-order valence-corrected chi connectivity index (χ3v) is 3.97. The molecule has 2 aromatic carbocycles. The van der Waals surface area contributed by atoms with Crippen LogP contribution in [-0.4, -0.2) is 30.5 Å². The summed E-state index contributed by atoms with van der Waals surface area (Å²) in [6.45, 7) is -0.431. The van der Waals surface area contributed by atoms with Gasteiger partial charge in [-0.1, -0.05) is 60.7 Å². The number of carbonyl (C=O) groups excluding carboxylic acids is 2. The molecule has 0 aromatic heterocycles. The Labute approximate surface area is 167 Å². The van der Waals surface area contributed by atoms with Gasteiger partial charge in [-0.05, 0) is 11.1 Å². The zero-order valence-electron chi connectivity index (χ0n) is 15.6. The summed E-state index contributed by atoms with van der Waals surface area (Å²) in [6.07, 6.45) is -2.52. The number of carbonyl (C=O) groups is 2. The van der Waals surface area contributed by atoms with Crippen molar-refractivity contribution in [3.63, 3.8) is 0 Å². The van der Waals surface area contributed by atoms with E-state index in [0.717, 1.165) is 0 Å². The maximum absolute atomic E-state index is 14.5. The van der Waals surface area contributed by atoms with Gasteiger partial charge in [-0.3, -0.25) is 4.79 Å². The number of nitrogens with zero attached hydrogens (tertiary/aromatic N) is 1. The standard InChI is InChI=1S/C21H21F2N3O3/c22-21(23,13-16-7-3-1-4-8-16)14-18(19(27)25-12-11-24)26-20(28)29-15-17-9-5-2-6-10-17/h1-10,18H,12-15H2,(H,25,27)(H,26,28). The van der Waals surface area contributed by atoms with Crippen molar-refractivity contribution in [2.75, 3.05) is 6.54 Å². The summed E-state index contributed by atoms with van der Waals surface area (Å²) in [5.74, 6) is -4.14. The van der Waals surface area contributed by atoms with Gasteiger partial charge in [-0.2, -0.15) is 5.26 Å². The second-order valence-corrected chi connectivity index (χ2v) is 6.36. The molecule has 0 bridgehead atoms. The molecule has 0 radical (unpaired) electrons. The smallest absolute Gasteiger partial charge is 0.408 e. The van der Waals surface area contributed by atoms with Crippen molar-refractivity contribution in [2.45, 2.75) is 31.4 Å². The minimum atomic E-state index is -3.26. The largest absolute Gasteiger partial charge is 0.445 e. The Bertz CT molecular complexity index is 839. The molecule has 8 heteroatoms. The Morgan fingerprint density at radius 3 is 2.21 bits per heavy atom. The highest BCUT2D eigenvalue weighted by Crippen LogP contribution is 2.25. The summed E-state index contributed by atoms with van der Waals surface area (Å²) >= 11 is 0. The molecule has 6 nitrogen and oxygen atoms in total. The van der Waals surface area contributed by atoms with Crippen LogP contribution in [-0.2, 0) is 22.6 Å². The van der Waals surface area contributed by atoms with Crippen LogP contribution < -0.4 is 10.6 Å². The van der Waals surface area contributed by atoms with Crippen LogP contribution in [0, 0.1) is 11.3 Å². The number of alkyl halides is 2. The first-order valence-electron chi connectivity index (χ1n) is 8.93. The van der Waals surface area contributed by atoms with E-state index in [1.807, 2.05) is 0 Å². The quantitative estimate of drug-likeness (QED) is 0.632. The number of benzene rings is 2. The van der Waals surface area contributed by atoms with Crippen LogP contribution in [0.3, 0.4) is 0 Å². The van der Waals surface area contributed by atoms with Crippen molar-refractivity contribution in [1.29, 1.82) is 5.26 Å². The van der Waals surface area contributed by atoms with Crippen LogP contribution >= 0.6 is 0 Å².